The van der Waals surface area contributed by atoms with Crippen molar-refractivity contribution >= 4 is 88.2 Å². The van der Waals surface area contributed by atoms with Crippen LogP contribution >= 0.6 is 35.6 Å². The van der Waals surface area contributed by atoms with Crippen molar-refractivity contribution in [2.24, 2.45) is 0 Å². The maximum atomic E-state index is 14.4. The summed E-state index contributed by atoms with van der Waals surface area (Å²) in [4.78, 5) is 62.8. The van der Waals surface area contributed by atoms with Crippen molar-refractivity contribution in [1.29, 1.82) is 0 Å². The van der Waals surface area contributed by atoms with Gasteiger partial charge in [0, 0.05) is 75.0 Å². The number of terminal acetylenes is 2. The first kappa shape index (κ1) is 147. The summed E-state index contributed by atoms with van der Waals surface area (Å²) in [5.41, 5.74) is -4.12. The summed E-state index contributed by atoms with van der Waals surface area (Å²) in [6.07, 6.45) is 14.4. The van der Waals surface area contributed by atoms with Crippen molar-refractivity contribution in [2.45, 2.75) is 240 Å². The molecule has 26 nitrogen and oxygen atoms in total. The monoisotopic (exact) mass is 2190 g/mol. The second-order valence-electron chi connectivity index (χ2n) is 30.2. The van der Waals surface area contributed by atoms with Crippen molar-refractivity contribution in [1.82, 2.24) is 10.5 Å². The van der Waals surface area contributed by atoms with E-state index in [1.54, 1.807) is 116 Å². The van der Waals surface area contributed by atoms with Gasteiger partial charge in [-0.3, -0.25) is 19.1 Å². The molecular weight excluding hydrogens is 2060 g/mol. The molecule has 0 radical (unpaired) electrons. The number of aromatic hydroxyl groups is 2. The predicted octanol–water partition coefficient (Wildman–Crippen LogP) is 16.9. The van der Waals surface area contributed by atoms with E-state index in [-0.39, 0.29) is 245 Å². The maximum Gasteiger partial charge on any atom is 2.00 e. The summed E-state index contributed by atoms with van der Waals surface area (Å²) in [5, 5.41) is 54.4. The number of carbonyl (C=O) groups excluding carboxylic acids is 3. The number of nitrogens with zero attached hydrogens (tertiary/aromatic N) is 1. The van der Waals surface area contributed by atoms with E-state index < -0.39 is 92.6 Å². The summed E-state index contributed by atoms with van der Waals surface area (Å²) >= 11 is 4.64. The van der Waals surface area contributed by atoms with E-state index in [0.29, 0.717) is 45.6 Å². The van der Waals surface area contributed by atoms with E-state index in [0.717, 1.165) is 47.5 Å². The Kier molecular flexibility index (Phi) is 76.2. The van der Waals surface area contributed by atoms with Gasteiger partial charge in [0.25, 0.3) is 5.91 Å². The largest absolute Gasteiger partial charge is 2.00 e. The number of phenolic OH excluding ortho intramolecular Hbond substituents is 2. The summed E-state index contributed by atoms with van der Waals surface area (Å²) in [6.45, 7) is 40.3. The molecule has 0 aliphatic rings. The average molecular weight is 2190 g/mol. The van der Waals surface area contributed by atoms with E-state index >= 15 is 0 Å². The number of hydrogen-bond acceptors (Lipinski definition) is 23. The van der Waals surface area contributed by atoms with Crippen molar-refractivity contribution in [3.05, 3.63) is 218 Å². The zero-order valence-corrected chi connectivity index (χ0v) is 87.1. The number of esters is 1. The molecule has 8 aromatic carbocycles. The number of hydroxylamine groups is 3. The SMILES string of the molecule is C.C.C#CC(O)(c1cc(OC(C)C)cc(OC(C)C)c1)c1c(F)c(F)c(F)c(F)c1F.CC(C)OC(=O)c1cc(OC(C)C)cc(OC(C)C)c1.CC(C)Oc1cc(OC(C)C)cc(C(=O)O)c1.CC(C)Oc1cc(OC(C)C)cc(C(=O)c2c(F)c(F)c(F)c(F)c2F)c1.CCl.CNO.CON(C)C(=O)c1cc(OC(C)C)cc(OC(C)C)c1.F.I.O=C(O)c1cc(O)cc(O)c1.[Br-].[C-]#C.[HH].[Li+].[Mg+2].[OH-]. The smallest absolute Gasteiger partial charge is 1.00 e. The number of carbonyl (C=O) groups is 5. The predicted molar refractivity (Wildman–Crippen MR) is 513 cm³/mol. The molecule has 1 amide bonds. The molecule has 8 rings (SSSR count). The topological polar surface area (TPSA) is 363 Å². The molecule has 772 valence electrons. The quantitative estimate of drug-likeness (QED) is 0.00188. The molecule has 1 unspecified atom stereocenters. The molecular formula is C97H129BrClF11ILiMgN2O24. The third kappa shape index (κ3) is 51.3. The van der Waals surface area contributed by atoms with Crippen LogP contribution in [-0.4, -0.2) is 189 Å². The normalized spacial score (nSPS) is 10.4. The number of aromatic carboxylic acids is 2. The molecule has 139 heavy (non-hydrogen) atoms. The Balaban J connectivity index is -0.000000179. The van der Waals surface area contributed by atoms with E-state index in [4.69, 9.17) is 95.4 Å². The minimum Gasteiger partial charge on any atom is -1.00 e. The number of aliphatic hydroxyl groups is 1. The van der Waals surface area contributed by atoms with Crippen molar-refractivity contribution in [3.8, 4) is 87.8 Å². The Hall–Kier alpha value is -10.1. The minimum atomic E-state index is -2.99. The van der Waals surface area contributed by atoms with Gasteiger partial charge in [-0.1, -0.05) is 20.8 Å². The fourth-order valence-corrected chi connectivity index (χ4v) is 10.4. The fraction of sp³-hybridized carbons (Fsp3) is 0.412. The van der Waals surface area contributed by atoms with Gasteiger partial charge >= 0.3 is 59.8 Å². The van der Waals surface area contributed by atoms with Crippen LogP contribution in [0, 0.1) is 83.4 Å². The number of alkyl halides is 1. The molecule has 0 aromatic heterocycles. The van der Waals surface area contributed by atoms with E-state index in [9.17, 15) is 73.0 Å². The van der Waals surface area contributed by atoms with Gasteiger partial charge in [0.2, 0.25) is 11.6 Å². The molecule has 0 aliphatic carbocycles. The number of hydrogen-bond donors (Lipinski definition) is 7. The third-order valence-electron chi connectivity index (χ3n) is 14.8. The van der Waals surface area contributed by atoms with Gasteiger partial charge in [-0.05, 0) is 225 Å². The van der Waals surface area contributed by atoms with Crippen molar-refractivity contribution < 1.29 is 203 Å². The number of amides is 1. The van der Waals surface area contributed by atoms with E-state index in [1.807, 2.05) is 96.9 Å². The molecule has 0 spiro atoms. The number of nitrogens with one attached hydrogen (secondary N) is 1. The van der Waals surface area contributed by atoms with Crippen LogP contribution in [0.5, 0.6) is 69.0 Å². The number of rotatable bonds is 30. The van der Waals surface area contributed by atoms with E-state index in [2.05, 4.69) is 18.0 Å². The van der Waals surface area contributed by atoms with Gasteiger partial charge in [-0.2, -0.15) is 0 Å². The summed E-state index contributed by atoms with van der Waals surface area (Å²) < 4.78 is 198. The minimum absolute atomic E-state index is 0. The fourth-order valence-electron chi connectivity index (χ4n) is 10.4. The molecule has 0 saturated heterocycles. The Morgan fingerprint density at radius 3 is 0.842 bits per heavy atom. The Morgan fingerprint density at radius 1 is 0.410 bits per heavy atom. The number of halogens is 14. The molecule has 0 aliphatic heterocycles. The Morgan fingerprint density at radius 2 is 0.619 bits per heavy atom. The summed E-state index contributed by atoms with van der Waals surface area (Å²) in [5.74, 6) is -21.4. The second-order valence-corrected chi connectivity index (χ2v) is 30.2. The third-order valence-corrected chi connectivity index (χ3v) is 14.8. The zero-order valence-electron chi connectivity index (χ0n) is 81.0. The van der Waals surface area contributed by atoms with Crippen LogP contribution in [0.1, 0.15) is 237 Å². The maximum absolute atomic E-state index is 14.4. The first-order valence-corrected chi connectivity index (χ1v) is 40.9. The first-order valence-electron chi connectivity index (χ1n) is 40.2. The molecule has 0 fully saturated rings. The summed E-state index contributed by atoms with van der Waals surface area (Å²) in [6, 6.07) is 25.6. The van der Waals surface area contributed by atoms with Crippen LogP contribution in [-0.2, 0) is 15.2 Å². The number of benzene rings is 8. The number of phenols is 2. The molecule has 1 atom stereocenters. The van der Waals surface area contributed by atoms with Crippen molar-refractivity contribution in [2.75, 3.05) is 27.6 Å². The Bertz CT molecular complexity index is 4910. The van der Waals surface area contributed by atoms with Crippen LogP contribution in [0.4, 0.5) is 48.6 Å². The molecule has 0 saturated carbocycles. The number of ether oxygens (including phenoxy) is 11. The van der Waals surface area contributed by atoms with Crippen molar-refractivity contribution in [3.63, 3.8) is 0 Å². The number of carboxylic acids is 2. The van der Waals surface area contributed by atoms with Gasteiger partial charge in [0.1, 0.15) is 74.6 Å². The van der Waals surface area contributed by atoms with Crippen LogP contribution < -0.4 is 88.7 Å². The van der Waals surface area contributed by atoms with Gasteiger partial charge < -0.3 is 118 Å². The van der Waals surface area contributed by atoms with Gasteiger partial charge in [0.05, 0.1) is 96.5 Å². The summed E-state index contributed by atoms with van der Waals surface area (Å²) in [7, 11) is 4.43. The van der Waals surface area contributed by atoms with Gasteiger partial charge in [-0.25, -0.2) is 68.8 Å². The molecule has 8 aromatic rings. The Labute approximate surface area is 869 Å². The molecule has 42 heteroatoms. The van der Waals surface area contributed by atoms with Gasteiger partial charge in [-0.15, -0.1) is 42.0 Å². The number of ketones is 1. The van der Waals surface area contributed by atoms with Crippen LogP contribution in [0.3, 0.4) is 0 Å². The first-order chi connectivity index (χ1) is 60.9. The zero-order chi connectivity index (χ0) is 101. The number of carboxylic acid groups (broad SMARTS) is 2. The average Bonchev–Trinajstić information content (AvgIpc) is 0.741. The van der Waals surface area contributed by atoms with Gasteiger partial charge in [0.15, 0.2) is 57.9 Å². The van der Waals surface area contributed by atoms with Crippen LogP contribution in [0.2, 0.25) is 0 Å². The van der Waals surface area contributed by atoms with E-state index in [1.165, 1.54) is 44.8 Å². The second kappa shape index (κ2) is 72.2. The standard InChI is InChI=1S/C21H19F5O3.C19H17F5O3.C16H24O4.C15H23NO4.C13H18O4.C7H6O4.C2H.CH3Cl.CH5NO.2CH4.BrH.FH.HI.Li.Mg.H2O.H2/c1-6-21(27,15-16(22)18(24)20(26)19(25)17(15)23)12-7-13(28-10(2)3)9-14(8-12)29-11(4)5;1-8(2)26-11-5-10(6-12(7-11)27-9(3)4)19(25)13-14(20)16(22)18(24)17(23)15(13)21;1-10(2)18-14-7-13(16(17)20-12(5)6)8-15(9-14)19-11(3)4;1-10(2)19-13-7-12(15(17)16(5)18-6)8-14(9-13)20-11(3)4;1-8(2)16-11-5-10(13(14)15)6-12(7-11)17-9(3)4;8-5-1-4(7(10)11)2-6(9)3-5;2*1-2;1-2-3;;;;;;;;;/h1,7-11,27H,2-5H3;5-9H,1-4H3;7-12H,1-6H3;7-11H,1-6H3;5-9H,1-4H3,(H,14,15);1-3,8-9H,(H,10,11);1H;1H3;2-3H,1H3;2*1H4;3*1H;;;1H2;1H/q;;;;;;-1;;;;;;;;+1;+2;;/p-2. The molecule has 0 bridgehead atoms. The molecule has 0 heterocycles. The van der Waals surface area contributed by atoms with Crippen LogP contribution in [0.15, 0.2) is 109 Å². The van der Waals surface area contributed by atoms with Crippen LogP contribution in [0.25, 0.3) is 0 Å². The molecule has 8 N–H and O–H groups in total.